The van der Waals surface area contributed by atoms with Crippen molar-refractivity contribution in [2.45, 2.75) is 37.0 Å². The lowest BCUT2D eigenvalue weighted by atomic mass is 9.95. The topological polar surface area (TPSA) is 66.9 Å². The molecule has 1 saturated carbocycles. The summed E-state index contributed by atoms with van der Waals surface area (Å²) in [7, 11) is 0. The average Bonchev–Trinajstić information content (AvgIpc) is 2.06. The molecule has 0 aromatic heterocycles. The van der Waals surface area contributed by atoms with Crippen LogP contribution >= 0.6 is 11.8 Å². The van der Waals surface area contributed by atoms with Crippen LogP contribution in [0.2, 0.25) is 0 Å². The smallest absolute Gasteiger partial charge is 0.263 e. The maximum Gasteiger partial charge on any atom is 0.280 e. The molecule has 0 unspecified atom stereocenters. The van der Waals surface area contributed by atoms with E-state index in [-0.39, 0.29) is 4.92 Å². The van der Waals surface area contributed by atoms with Gasteiger partial charge in [0, 0.05) is 29.5 Å². The molecule has 0 radical (unpaired) electrons. The molecular weight excluding hydrogens is 176 g/mol. The highest BCUT2D eigenvalue weighted by atomic mass is 32.2. The fourth-order valence-electron chi connectivity index (χ4n) is 1.51. The summed E-state index contributed by atoms with van der Waals surface area (Å²) in [4.78, 5) is 9.42. The van der Waals surface area contributed by atoms with Crippen LogP contribution in [0.5, 0.6) is 0 Å². The van der Waals surface area contributed by atoms with Gasteiger partial charge in [0.2, 0.25) is 0 Å². The number of thiocyanates is 1. The molecule has 0 heterocycles. The van der Waals surface area contributed by atoms with Gasteiger partial charge in [0.1, 0.15) is 5.40 Å². The van der Waals surface area contributed by atoms with Crippen molar-refractivity contribution in [2.75, 3.05) is 0 Å². The van der Waals surface area contributed by atoms with E-state index >= 15 is 0 Å². The van der Waals surface area contributed by atoms with Crippen LogP contribution in [0, 0.1) is 20.8 Å². The van der Waals surface area contributed by atoms with E-state index in [2.05, 4.69) is 0 Å². The second-order valence-electron chi connectivity index (χ2n) is 2.96. The van der Waals surface area contributed by atoms with E-state index in [9.17, 15) is 10.1 Å². The van der Waals surface area contributed by atoms with Gasteiger partial charge in [-0.1, -0.05) is 6.42 Å². The Labute approximate surface area is 75.1 Å². The van der Waals surface area contributed by atoms with Gasteiger partial charge < -0.3 is 0 Å². The summed E-state index contributed by atoms with van der Waals surface area (Å²) in [5.41, 5.74) is 0. The minimum Gasteiger partial charge on any atom is -0.263 e. The Bertz CT molecular complexity index is 218. The van der Waals surface area contributed by atoms with E-state index in [1.54, 1.807) is 0 Å². The van der Waals surface area contributed by atoms with E-state index in [0.29, 0.717) is 12.8 Å². The number of nitriles is 1. The molecule has 5 heteroatoms. The predicted molar refractivity (Wildman–Crippen MR) is 46.0 cm³/mol. The highest BCUT2D eigenvalue weighted by Gasteiger charge is 2.44. The van der Waals surface area contributed by atoms with Crippen molar-refractivity contribution < 1.29 is 4.92 Å². The summed E-state index contributed by atoms with van der Waals surface area (Å²) in [5, 5.41) is 21.0. The molecule has 0 N–H and O–H groups in total. The molecule has 0 aromatic carbocycles. The molecule has 0 spiro atoms. The van der Waals surface area contributed by atoms with Gasteiger partial charge in [0.25, 0.3) is 4.87 Å². The van der Waals surface area contributed by atoms with Crippen molar-refractivity contribution >= 4 is 11.8 Å². The molecule has 0 aliphatic heterocycles. The molecule has 1 aliphatic rings. The third-order valence-electron chi connectivity index (χ3n) is 2.20. The molecular formula is C7H10N2O2S. The van der Waals surface area contributed by atoms with Crippen molar-refractivity contribution in [3.05, 3.63) is 10.1 Å². The van der Waals surface area contributed by atoms with Crippen LogP contribution in [-0.2, 0) is 0 Å². The number of hydrogen-bond acceptors (Lipinski definition) is 4. The average molecular weight is 186 g/mol. The Morgan fingerprint density at radius 3 is 2.42 bits per heavy atom. The maximum atomic E-state index is 10.7. The van der Waals surface area contributed by atoms with Crippen LogP contribution < -0.4 is 0 Å². The SMILES string of the molecule is N#CSC1([N+](=O)[O-])CCCCC1. The van der Waals surface area contributed by atoms with Gasteiger partial charge in [-0.25, -0.2) is 0 Å². The van der Waals surface area contributed by atoms with Crippen LogP contribution in [0.15, 0.2) is 0 Å². The summed E-state index contributed by atoms with van der Waals surface area (Å²) in [6.07, 6.45) is 3.88. The molecule has 0 atom stereocenters. The van der Waals surface area contributed by atoms with Gasteiger partial charge >= 0.3 is 0 Å². The molecule has 4 nitrogen and oxygen atoms in total. The number of hydrogen-bond donors (Lipinski definition) is 0. The maximum absolute atomic E-state index is 10.7. The zero-order valence-corrected chi connectivity index (χ0v) is 7.47. The minimum absolute atomic E-state index is 0.292. The zero-order valence-electron chi connectivity index (χ0n) is 6.65. The Hall–Kier alpha value is -0.760. The lowest BCUT2D eigenvalue weighted by molar-refractivity contribution is -0.542. The van der Waals surface area contributed by atoms with Gasteiger partial charge in [0.05, 0.1) is 0 Å². The van der Waals surface area contributed by atoms with Gasteiger partial charge in [-0.2, -0.15) is 5.26 Å². The molecule has 66 valence electrons. The summed E-state index contributed by atoms with van der Waals surface area (Å²) < 4.78 is 0. The van der Waals surface area contributed by atoms with Gasteiger partial charge in [-0.05, 0) is 12.8 Å². The van der Waals surface area contributed by atoms with Crippen LogP contribution in [0.25, 0.3) is 0 Å². The fourth-order valence-corrected chi connectivity index (χ4v) is 2.25. The minimum atomic E-state index is -0.993. The first kappa shape index (κ1) is 9.33. The van der Waals surface area contributed by atoms with Crippen molar-refractivity contribution in [2.24, 2.45) is 0 Å². The molecule has 1 fully saturated rings. The molecule has 0 bridgehead atoms. The number of rotatable bonds is 2. The molecule has 0 saturated heterocycles. The predicted octanol–water partition coefficient (Wildman–Crippen LogP) is 2.14. The van der Waals surface area contributed by atoms with Crippen LogP contribution in [0.4, 0.5) is 0 Å². The van der Waals surface area contributed by atoms with E-state index in [4.69, 9.17) is 5.26 Å². The van der Waals surface area contributed by atoms with Crippen molar-refractivity contribution in [3.63, 3.8) is 0 Å². The third-order valence-corrected chi connectivity index (χ3v) is 3.23. The Morgan fingerprint density at radius 1 is 1.42 bits per heavy atom. The first-order valence-corrected chi connectivity index (χ1v) is 4.74. The molecule has 1 rings (SSSR count). The Morgan fingerprint density at radius 2 is 2.00 bits per heavy atom. The van der Waals surface area contributed by atoms with Gasteiger partial charge in [-0.15, -0.1) is 0 Å². The highest BCUT2D eigenvalue weighted by molar-refractivity contribution is 8.04. The highest BCUT2D eigenvalue weighted by Crippen LogP contribution is 2.39. The van der Waals surface area contributed by atoms with Gasteiger partial charge in [0.15, 0.2) is 0 Å². The zero-order chi connectivity index (χ0) is 9.03. The standard InChI is InChI=1S/C7H10N2O2S/c8-6-12-7(9(10)11)4-2-1-3-5-7/h1-5H2. The van der Waals surface area contributed by atoms with Crippen LogP contribution in [-0.4, -0.2) is 9.79 Å². The Kier molecular flexibility index (Phi) is 2.93. The summed E-state index contributed by atoms with van der Waals surface area (Å²) in [6, 6.07) is 0. The molecule has 12 heavy (non-hydrogen) atoms. The normalized spacial score (nSPS) is 21.2. The summed E-state index contributed by atoms with van der Waals surface area (Å²) >= 11 is 0.814. The second kappa shape index (κ2) is 3.76. The molecule has 1 aliphatic carbocycles. The quantitative estimate of drug-likeness (QED) is 0.287. The lowest BCUT2D eigenvalue weighted by Crippen LogP contribution is -2.36. The van der Waals surface area contributed by atoms with E-state index in [1.165, 1.54) is 0 Å². The first-order valence-electron chi connectivity index (χ1n) is 3.93. The van der Waals surface area contributed by atoms with Gasteiger partial charge in [-0.3, -0.25) is 10.1 Å². The van der Waals surface area contributed by atoms with Crippen molar-refractivity contribution in [1.29, 1.82) is 5.26 Å². The number of nitro groups is 1. The first-order chi connectivity index (χ1) is 5.71. The monoisotopic (exact) mass is 186 g/mol. The van der Waals surface area contributed by atoms with Crippen LogP contribution in [0.1, 0.15) is 32.1 Å². The van der Waals surface area contributed by atoms with Crippen molar-refractivity contribution in [1.82, 2.24) is 0 Å². The van der Waals surface area contributed by atoms with Crippen molar-refractivity contribution in [3.8, 4) is 5.40 Å². The van der Waals surface area contributed by atoms with E-state index < -0.39 is 4.87 Å². The fraction of sp³-hybridized carbons (Fsp3) is 0.857. The largest absolute Gasteiger partial charge is 0.280 e. The summed E-state index contributed by atoms with van der Waals surface area (Å²) in [5.74, 6) is 0. The second-order valence-corrected chi connectivity index (χ2v) is 4.10. The molecule has 0 aromatic rings. The van der Waals surface area contributed by atoms with Crippen LogP contribution in [0.3, 0.4) is 0 Å². The lowest BCUT2D eigenvalue weighted by Gasteiger charge is -2.25. The number of nitrogens with zero attached hydrogens (tertiary/aromatic N) is 2. The number of thioether (sulfide) groups is 1. The summed E-state index contributed by atoms with van der Waals surface area (Å²) in [6.45, 7) is 0. The third kappa shape index (κ3) is 1.69. The Balaban J connectivity index is 2.71. The molecule has 0 amide bonds. The van der Waals surface area contributed by atoms with E-state index in [1.807, 2.05) is 5.40 Å². The van der Waals surface area contributed by atoms with E-state index in [0.717, 1.165) is 31.0 Å².